The molecule has 0 bridgehead atoms. The van der Waals surface area contributed by atoms with Crippen molar-refractivity contribution in [3.05, 3.63) is 34.9 Å². The molecule has 1 aromatic rings. The van der Waals surface area contributed by atoms with E-state index in [-0.39, 0.29) is 0 Å². The van der Waals surface area contributed by atoms with Crippen molar-refractivity contribution in [3.8, 4) is 0 Å². The SMILES string of the molecule is CC(=C=O)c1cc(C)ccc1C. The minimum Gasteiger partial charge on any atom is -0.233 e. The van der Waals surface area contributed by atoms with Crippen molar-refractivity contribution in [1.29, 1.82) is 0 Å². The van der Waals surface area contributed by atoms with Gasteiger partial charge in [0.2, 0.25) is 0 Å². The molecule has 1 heteroatoms. The van der Waals surface area contributed by atoms with Gasteiger partial charge in [0.15, 0.2) is 0 Å². The quantitative estimate of drug-likeness (QED) is 0.577. The first kappa shape index (κ1) is 8.76. The number of carbonyl (C=O) groups excluding carboxylic acids is 1. The molecule has 0 heterocycles. The third-order valence-corrected chi connectivity index (χ3v) is 1.95. The van der Waals surface area contributed by atoms with Gasteiger partial charge in [-0.3, -0.25) is 0 Å². The van der Waals surface area contributed by atoms with Gasteiger partial charge in [0, 0.05) is 5.57 Å². The first-order valence-electron chi connectivity index (χ1n) is 3.94. The summed E-state index contributed by atoms with van der Waals surface area (Å²) in [5.41, 5.74) is 3.98. The fraction of sp³-hybridized carbons (Fsp3) is 0.273. The Hall–Kier alpha value is -1.33. The molecule has 12 heavy (non-hydrogen) atoms. The maximum absolute atomic E-state index is 10.4. The van der Waals surface area contributed by atoms with Crippen LogP contribution in [-0.4, -0.2) is 5.94 Å². The molecule has 0 unspecified atom stereocenters. The summed E-state index contributed by atoms with van der Waals surface area (Å²) in [6.07, 6.45) is 0. The molecule has 1 aromatic carbocycles. The Morgan fingerprint density at radius 3 is 2.58 bits per heavy atom. The number of hydrogen-bond acceptors (Lipinski definition) is 1. The fourth-order valence-corrected chi connectivity index (χ4v) is 1.19. The zero-order valence-electron chi connectivity index (χ0n) is 7.64. The fourth-order valence-electron chi connectivity index (χ4n) is 1.19. The lowest BCUT2D eigenvalue weighted by molar-refractivity contribution is 0.569. The minimum absolute atomic E-state index is 0.677. The Bertz CT molecular complexity index is 344. The monoisotopic (exact) mass is 160 g/mol. The molecule has 0 fully saturated rings. The molecule has 0 aliphatic rings. The zero-order chi connectivity index (χ0) is 9.14. The van der Waals surface area contributed by atoms with Gasteiger partial charge in [0.1, 0.15) is 5.94 Å². The van der Waals surface area contributed by atoms with E-state index in [1.165, 1.54) is 5.56 Å². The van der Waals surface area contributed by atoms with E-state index in [0.29, 0.717) is 5.57 Å². The minimum atomic E-state index is 0.677. The lowest BCUT2D eigenvalue weighted by Crippen LogP contribution is -1.87. The number of hydrogen-bond donors (Lipinski definition) is 0. The second-order valence-corrected chi connectivity index (χ2v) is 3.05. The summed E-state index contributed by atoms with van der Waals surface area (Å²) in [6.45, 7) is 5.80. The van der Waals surface area contributed by atoms with Crippen LogP contribution >= 0.6 is 0 Å². The predicted molar refractivity (Wildman–Crippen MR) is 50.7 cm³/mol. The molecule has 1 rings (SSSR count). The Balaban J connectivity index is 3.32. The first-order chi connectivity index (χ1) is 5.65. The lowest BCUT2D eigenvalue weighted by atomic mass is 10.0. The van der Waals surface area contributed by atoms with Crippen molar-refractivity contribution in [1.82, 2.24) is 0 Å². The zero-order valence-corrected chi connectivity index (χ0v) is 7.64. The molecule has 0 saturated heterocycles. The predicted octanol–water partition coefficient (Wildman–Crippen LogP) is 2.54. The topological polar surface area (TPSA) is 17.1 Å². The molecule has 0 atom stereocenters. The van der Waals surface area contributed by atoms with E-state index >= 15 is 0 Å². The smallest absolute Gasteiger partial charge is 0.128 e. The highest BCUT2D eigenvalue weighted by Gasteiger charge is 2.00. The van der Waals surface area contributed by atoms with Crippen LogP contribution in [0.1, 0.15) is 23.6 Å². The Kier molecular flexibility index (Phi) is 2.47. The van der Waals surface area contributed by atoms with Crippen LogP contribution in [0.4, 0.5) is 0 Å². The van der Waals surface area contributed by atoms with E-state index < -0.39 is 0 Å². The maximum atomic E-state index is 10.4. The van der Waals surface area contributed by atoms with Crippen LogP contribution in [0.5, 0.6) is 0 Å². The normalized spacial score (nSPS) is 9.25. The molecular formula is C11H12O. The van der Waals surface area contributed by atoms with E-state index in [4.69, 9.17) is 0 Å². The lowest BCUT2D eigenvalue weighted by Gasteiger charge is -2.03. The van der Waals surface area contributed by atoms with Gasteiger partial charge in [0.25, 0.3) is 0 Å². The third-order valence-electron chi connectivity index (χ3n) is 1.95. The van der Waals surface area contributed by atoms with E-state index in [2.05, 4.69) is 0 Å². The van der Waals surface area contributed by atoms with Crippen LogP contribution in [0.3, 0.4) is 0 Å². The summed E-state index contributed by atoms with van der Waals surface area (Å²) in [7, 11) is 0. The highest BCUT2D eigenvalue weighted by molar-refractivity contribution is 5.87. The van der Waals surface area contributed by atoms with E-state index in [0.717, 1.165) is 11.1 Å². The van der Waals surface area contributed by atoms with Gasteiger partial charge in [-0.25, -0.2) is 4.79 Å². The molecule has 0 radical (unpaired) electrons. The summed E-state index contributed by atoms with van der Waals surface area (Å²) in [6, 6.07) is 6.07. The van der Waals surface area contributed by atoms with Gasteiger partial charge in [-0.2, -0.15) is 0 Å². The summed E-state index contributed by atoms with van der Waals surface area (Å²) in [4.78, 5) is 10.4. The van der Waals surface area contributed by atoms with Crippen LogP contribution < -0.4 is 0 Å². The van der Waals surface area contributed by atoms with Gasteiger partial charge < -0.3 is 0 Å². The number of aryl methyl sites for hydroxylation is 2. The largest absolute Gasteiger partial charge is 0.233 e. The molecule has 0 aliphatic carbocycles. The van der Waals surface area contributed by atoms with E-state index in [1.54, 1.807) is 6.92 Å². The van der Waals surface area contributed by atoms with Crippen LogP contribution in [0.15, 0.2) is 18.2 Å². The second-order valence-electron chi connectivity index (χ2n) is 3.05. The highest BCUT2D eigenvalue weighted by Crippen LogP contribution is 2.17. The molecule has 0 amide bonds. The molecule has 0 N–H and O–H groups in total. The molecule has 1 nitrogen and oxygen atoms in total. The Morgan fingerprint density at radius 1 is 1.33 bits per heavy atom. The summed E-state index contributed by atoms with van der Waals surface area (Å²) >= 11 is 0. The van der Waals surface area contributed by atoms with Crippen LogP contribution in [0.25, 0.3) is 5.57 Å². The molecule has 0 aromatic heterocycles. The average Bonchev–Trinajstić information content (AvgIpc) is 2.08. The highest BCUT2D eigenvalue weighted by atomic mass is 16.1. The maximum Gasteiger partial charge on any atom is 0.128 e. The van der Waals surface area contributed by atoms with Gasteiger partial charge in [-0.05, 0) is 31.9 Å². The van der Waals surface area contributed by atoms with Crippen LogP contribution in [0, 0.1) is 13.8 Å². The third kappa shape index (κ3) is 1.63. The number of rotatable bonds is 1. The number of benzene rings is 1. The molecule has 0 spiro atoms. The van der Waals surface area contributed by atoms with E-state index in [9.17, 15) is 4.79 Å². The van der Waals surface area contributed by atoms with Gasteiger partial charge >= 0.3 is 0 Å². The molecule has 62 valence electrons. The van der Waals surface area contributed by atoms with Crippen molar-refractivity contribution in [2.24, 2.45) is 0 Å². The number of allylic oxidation sites excluding steroid dienone is 1. The van der Waals surface area contributed by atoms with Crippen molar-refractivity contribution >= 4 is 11.5 Å². The van der Waals surface area contributed by atoms with Gasteiger partial charge in [0.05, 0.1) is 0 Å². The van der Waals surface area contributed by atoms with Crippen molar-refractivity contribution < 1.29 is 4.79 Å². The average molecular weight is 160 g/mol. The van der Waals surface area contributed by atoms with Crippen LogP contribution in [0.2, 0.25) is 0 Å². The Morgan fingerprint density at radius 2 is 2.00 bits per heavy atom. The standard InChI is InChI=1S/C11H12O/c1-8-4-5-9(2)11(6-8)10(3)7-12/h4-6H,1-3H3. The molecule has 0 saturated carbocycles. The summed E-state index contributed by atoms with van der Waals surface area (Å²) in [5.74, 6) is 1.92. The molecular weight excluding hydrogens is 148 g/mol. The van der Waals surface area contributed by atoms with Gasteiger partial charge in [-0.1, -0.05) is 23.8 Å². The van der Waals surface area contributed by atoms with Crippen LogP contribution in [-0.2, 0) is 4.79 Å². The summed E-state index contributed by atoms with van der Waals surface area (Å²) < 4.78 is 0. The second kappa shape index (κ2) is 3.38. The van der Waals surface area contributed by atoms with Crippen molar-refractivity contribution in [2.45, 2.75) is 20.8 Å². The van der Waals surface area contributed by atoms with E-state index in [1.807, 2.05) is 38.0 Å². The first-order valence-corrected chi connectivity index (χ1v) is 3.94. The Labute approximate surface area is 72.7 Å². The van der Waals surface area contributed by atoms with Crippen molar-refractivity contribution in [2.75, 3.05) is 0 Å². The van der Waals surface area contributed by atoms with Gasteiger partial charge in [-0.15, -0.1) is 0 Å². The summed E-state index contributed by atoms with van der Waals surface area (Å²) in [5, 5.41) is 0. The van der Waals surface area contributed by atoms with Crippen molar-refractivity contribution in [3.63, 3.8) is 0 Å². The molecule has 0 aliphatic heterocycles.